The van der Waals surface area contributed by atoms with Crippen LogP contribution in [0, 0.1) is 11.3 Å². The predicted octanol–water partition coefficient (Wildman–Crippen LogP) is 4.41. The Morgan fingerprint density at radius 3 is 2.61 bits per heavy atom. The van der Waals surface area contributed by atoms with E-state index in [1.54, 1.807) is 0 Å². The molecule has 4 nitrogen and oxygen atoms in total. The van der Waals surface area contributed by atoms with Gasteiger partial charge in [-0.25, -0.2) is 4.39 Å². The van der Waals surface area contributed by atoms with E-state index in [0.29, 0.717) is 13.0 Å². The molecule has 0 radical (unpaired) electrons. The van der Waals surface area contributed by atoms with E-state index in [1.165, 1.54) is 12.1 Å². The summed E-state index contributed by atoms with van der Waals surface area (Å²) in [6.45, 7) is 8.55. The van der Waals surface area contributed by atoms with E-state index in [2.05, 4.69) is 35.7 Å². The second kappa shape index (κ2) is 9.11. The third kappa shape index (κ3) is 7.66. The van der Waals surface area contributed by atoms with E-state index >= 15 is 0 Å². The van der Waals surface area contributed by atoms with E-state index in [0.717, 1.165) is 31.6 Å². The second-order valence-corrected chi connectivity index (χ2v) is 8.46. The Labute approximate surface area is 163 Å². The molecule has 0 saturated carbocycles. The first-order valence-electron chi connectivity index (χ1n) is 9.43. The van der Waals surface area contributed by atoms with Crippen LogP contribution in [0.2, 0.25) is 0 Å². The first-order valence-corrected chi connectivity index (χ1v) is 9.43. The van der Waals surface area contributed by atoms with E-state index < -0.39 is 24.2 Å². The summed E-state index contributed by atoms with van der Waals surface area (Å²) >= 11 is 0. The van der Waals surface area contributed by atoms with Gasteiger partial charge in [-0.3, -0.25) is 4.79 Å². The highest BCUT2D eigenvalue weighted by Crippen LogP contribution is 2.25. The van der Waals surface area contributed by atoms with Gasteiger partial charge in [0, 0.05) is 24.6 Å². The quantitative estimate of drug-likeness (QED) is 0.714. The Bertz CT molecular complexity index is 658. The van der Waals surface area contributed by atoms with Gasteiger partial charge in [-0.2, -0.15) is 0 Å². The summed E-state index contributed by atoms with van der Waals surface area (Å²) in [6, 6.07) is 4.84. The molecule has 1 heterocycles. The van der Waals surface area contributed by atoms with Gasteiger partial charge in [-0.15, -0.1) is 13.2 Å². The van der Waals surface area contributed by atoms with Crippen molar-refractivity contribution in [2.45, 2.75) is 46.1 Å². The fourth-order valence-electron chi connectivity index (χ4n) is 3.10. The van der Waals surface area contributed by atoms with Crippen LogP contribution < -0.4 is 10.1 Å². The largest absolute Gasteiger partial charge is 0.573 e. The van der Waals surface area contributed by atoms with Crippen molar-refractivity contribution in [2.24, 2.45) is 11.3 Å². The number of nitrogens with one attached hydrogen (secondary N) is 1. The molecular formula is C20H28F4N2O2. The summed E-state index contributed by atoms with van der Waals surface area (Å²) in [4.78, 5) is 14.3. The fourth-order valence-corrected chi connectivity index (χ4v) is 3.10. The summed E-state index contributed by atoms with van der Waals surface area (Å²) < 4.78 is 55.2. The minimum atomic E-state index is -4.82. The standard InChI is InChI=1S/C20H28F4N2O2/c1-19(2,3)8-10-26-9-7-15(17(21)13-26)12-25-18(27)14-5-4-6-16(11-14)28-20(22,23)24/h4-6,11,15,17H,7-10,12-13H2,1-3H3,(H,25,27)/t15-,17-/m0/s1. The van der Waals surface area contributed by atoms with Crippen molar-refractivity contribution in [3.05, 3.63) is 29.8 Å². The molecule has 1 aromatic carbocycles. The SMILES string of the molecule is CC(C)(C)CCN1CC[C@@H](CNC(=O)c2cccc(OC(F)(F)F)c2)[C@@H](F)C1. The predicted molar refractivity (Wildman–Crippen MR) is 99.0 cm³/mol. The number of alkyl halides is 4. The number of piperidine rings is 1. The van der Waals surface area contributed by atoms with Gasteiger partial charge in [0.1, 0.15) is 11.9 Å². The first kappa shape index (κ1) is 22.5. The summed E-state index contributed by atoms with van der Waals surface area (Å²) in [5, 5.41) is 2.63. The van der Waals surface area contributed by atoms with E-state index in [-0.39, 0.29) is 23.4 Å². The monoisotopic (exact) mass is 404 g/mol. The van der Waals surface area contributed by atoms with Gasteiger partial charge in [0.15, 0.2) is 0 Å². The minimum absolute atomic E-state index is 0.0415. The Morgan fingerprint density at radius 1 is 1.29 bits per heavy atom. The van der Waals surface area contributed by atoms with Gasteiger partial charge >= 0.3 is 6.36 Å². The molecule has 0 spiro atoms. The molecule has 8 heteroatoms. The zero-order valence-corrected chi connectivity index (χ0v) is 16.5. The Morgan fingerprint density at radius 2 is 2.00 bits per heavy atom. The lowest BCUT2D eigenvalue weighted by atomic mass is 9.90. The normalized spacial score (nSPS) is 21.4. The minimum Gasteiger partial charge on any atom is -0.406 e. The maximum absolute atomic E-state index is 14.5. The lowest BCUT2D eigenvalue weighted by molar-refractivity contribution is -0.274. The molecule has 1 amide bonds. The van der Waals surface area contributed by atoms with Crippen molar-refractivity contribution in [3.8, 4) is 5.75 Å². The van der Waals surface area contributed by atoms with E-state index in [1.807, 2.05) is 0 Å². The van der Waals surface area contributed by atoms with E-state index in [9.17, 15) is 22.4 Å². The van der Waals surface area contributed by atoms with Crippen molar-refractivity contribution in [3.63, 3.8) is 0 Å². The second-order valence-electron chi connectivity index (χ2n) is 8.46. The Hall–Kier alpha value is -1.83. The molecule has 2 atom stereocenters. The molecule has 1 aromatic rings. The average Bonchev–Trinajstić information content (AvgIpc) is 2.57. The van der Waals surface area contributed by atoms with Gasteiger partial charge < -0.3 is 15.0 Å². The van der Waals surface area contributed by atoms with Gasteiger partial charge in [0.25, 0.3) is 5.91 Å². The first-order chi connectivity index (χ1) is 12.9. The highest BCUT2D eigenvalue weighted by Gasteiger charge is 2.32. The van der Waals surface area contributed by atoms with Gasteiger partial charge in [0.05, 0.1) is 0 Å². The lowest BCUT2D eigenvalue weighted by Crippen LogP contribution is -2.46. The molecule has 1 N–H and O–H groups in total. The number of halogens is 4. The molecule has 0 aliphatic carbocycles. The Balaban J connectivity index is 1.82. The van der Waals surface area contributed by atoms with Crippen LogP contribution in [0.3, 0.4) is 0 Å². The average molecular weight is 404 g/mol. The third-order valence-corrected chi connectivity index (χ3v) is 4.79. The molecule has 1 fully saturated rings. The summed E-state index contributed by atoms with van der Waals surface area (Å²) in [6.07, 6.45) is -4.26. The number of rotatable bonds is 6. The molecule has 1 aliphatic heterocycles. The van der Waals surface area contributed by atoms with Crippen LogP contribution >= 0.6 is 0 Å². The molecule has 0 bridgehead atoms. The van der Waals surface area contributed by atoms with Crippen LogP contribution in [0.4, 0.5) is 17.6 Å². The number of likely N-dealkylation sites (tertiary alicyclic amines) is 1. The molecule has 28 heavy (non-hydrogen) atoms. The van der Waals surface area contributed by atoms with Crippen LogP contribution in [0.25, 0.3) is 0 Å². The van der Waals surface area contributed by atoms with Gasteiger partial charge in [-0.05, 0) is 49.5 Å². The molecule has 158 valence electrons. The lowest BCUT2D eigenvalue weighted by Gasteiger charge is -2.36. The number of benzene rings is 1. The van der Waals surface area contributed by atoms with Crippen LogP contribution in [0.5, 0.6) is 5.75 Å². The van der Waals surface area contributed by atoms with Gasteiger partial charge in [-0.1, -0.05) is 26.8 Å². The molecular weight excluding hydrogens is 376 g/mol. The number of hydrogen-bond donors (Lipinski definition) is 1. The molecule has 0 aromatic heterocycles. The van der Waals surface area contributed by atoms with Crippen LogP contribution in [0.1, 0.15) is 44.0 Å². The highest BCUT2D eigenvalue weighted by atomic mass is 19.4. The van der Waals surface area contributed by atoms with Crippen molar-refractivity contribution in [2.75, 3.05) is 26.2 Å². The topological polar surface area (TPSA) is 41.6 Å². The third-order valence-electron chi connectivity index (χ3n) is 4.79. The van der Waals surface area contributed by atoms with Crippen molar-refractivity contribution in [1.82, 2.24) is 10.2 Å². The summed E-state index contributed by atoms with van der Waals surface area (Å²) in [5.41, 5.74) is 0.237. The fraction of sp³-hybridized carbons (Fsp3) is 0.650. The van der Waals surface area contributed by atoms with E-state index in [4.69, 9.17) is 0 Å². The smallest absolute Gasteiger partial charge is 0.406 e. The van der Waals surface area contributed by atoms with Crippen LogP contribution in [0.15, 0.2) is 24.3 Å². The number of amides is 1. The molecule has 1 saturated heterocycles. The van der Waals surface area contributed by atoms with Crippen LogP contribution in [-0.4, -0.2) is 49.5 Å². The number of nitrogens with zero attached hydrogens (tertiary/aromatic N) is 1. The number of carbonyl (C=O) groups excluding carboxylic acids is 1. The Kier molecular flexibility index (Phi) is 7.31. The highest BCUT2D eigenvalue weighted by molar-refractivity contribution is 5.94. The zero-order valence-electron chi connectivity index (χ0n) is 16.5. The summed E-state index contributed by atoms with van der Waals surface area (Å²) in [5.74, 6) is -1.31. The molecule has 1 aliphatic rings. The molecule has 0 unspecified atom stereocenters. The number of ether oxygens (including phenoxy) is 1. The van der Waals surface area contributed by atoms with Crippen molar-refractivity contribution in [1.29, 1.82) is 0 Å². The molecule has 2 rings (SSSR count). The maximum Gasteiger partial charge on any atom is 0.573 e. The maximum atomic E-state index is 14.5. The number of hydrogen-bond acceptors (Lipinski definition) is 3. The van der Waals surface area contributed by atoms with Crippen molar-refractivity contribution < 1.29 is 27.1 Å². The van der Waals surface area contributed by atoms with Crippen LogP contribution in [-0.2, 0) is 0 Å². The zero-order chi connectivity index (χ0) is 20.9. The van der Waals surface area contributed by atoms with Crippen molar-refractivity contribution >= 4 is 5.91 Å². The summed E-state index contributed by atoms with van der Waals surface area (Å²) in [7, 11) is 0. The van der Waals surface area contributed by atoms with Gasteiger partial charge in [0.2, 0.25) is 0 Å². The number of carbonyl (C=O) groups is 1.